The Morgan fingerprint density at radius 1 is 1.22 bits per heavy atom. The van der Waals surface area contributed by atoms with Gasteiger partial charge in [-0.1, -0.05) is 36.8 Å². The molecule has 0 bridgehead atoms. The molecule has 0 aliphatic heterocycles. The van der Waals surface area contributed by atoms with Crippen LogP contribution < -0.4 is 4.90 Å². The lowest BCUT2D eigenvalue weighted by atomic mass is 10.2. The predicted molar refractivity (Wildman–Crippen MR) is 107 cm³/mol. The molecule has 2 aromatic rings. The third kappa shape index (κ3) is 5.54. The zero-order valence-corrected chi connectivity index (χ0v) is 16.6. The number of anilines is 1. The van der Waals surface area contributed by atoms with Gasteiger partial charge in [0.05, 0.1) is 10.6 Å². The molecule has 0 aliphatic carbocycles. The second-order valence-electron chi connectivity index (χ2n) is 5.70. The molecule has 0 saturated heterocycles. The minimum absolute atomic E-state index is 0.0400. The highest BCUT2D eigenvalue weighted by Gasteiger charge is 2.27. The topological polar surface area (TPSA) is 108 Å². The Morgan fingerprint density at radius 2 is 1.85 bits per heavy atom. The number of carbonyl (C=O) groups is 1. The number of rotatable bonds is 10. The molecule has 1 aromatic heterocycles. The van der Waals surface area contributed by atoms with Gasteiger partial charge < -0.3 is 10.0 Å². The summed E-state index contributed by atoms with van der Waals surface area (Å²) in [6.07, 6.45) is 2.14. The van der Waals surface area contributed by atoms with E-state index in [0.717, 1.165) is 43.0 Å². The molecule has 0 fully saturated rings. The van der Waals surface area contributed by atoms with Crippen molar-refractivity contribution in [3.05, 3.63) is 39.2 Å². The number of carboxylic acid groups (broad SMARTS) is 1. The van der Waals surface area contributed by atoms with Crippen LogP contribution in [0.25, 0.3) is 0 Å². The Morgan fingerprint density at radius 3 is 2.37 bits per heavy atom. The van der Waals surface area contributed by atoms with Crippen LogP contribution in [0.5, 0.6) is 0 Å². The first-order chi connectivity index (χ1) is 13.0. The van der Waals surface area contributed by atoms with Crippen molar-refractivity contribution in [2.24, 2.45) is 15.4 Å². The van der Waals surface area contributed by atoms with Gasteiger partial charge >= 0.3 is 5.97 Å². The van der Waals surface area contributed by atoms with Crippen LogP contribution in [0.1, 0.15) is 37.6 Å². The Balaban J connectivity index is 2.14. The first-order valence-corrected chi connectivity index (χ1v) is 9.67. The largest absolute Gasteiger partial charge is 0.479 e. The van der Waals surface area contributed by atoms with Crippen LogP contribution in [0.2, 0.25) is 5.15 Å². The standard InChI is InChI=1S/C17H20ClN5O3S/c1-3-9-23(10-4-2)12-7-5-11(6-8-12)20-21-17-19-15(18)14(27-17)13(22-26)16(24)25/h5-8,13H,3-4,9-10H2,1-2H3,(H,24,25)/t13-/m1/s1. The summed E-state index contributed by atoms with van der Waals surface area (Å²) in [6, 6.07) is 6.06. The number of thiazole rings is 1. The van der Waals surface area contributed by atoms with E-state index < -0.39 is 12.0 Å². The first kappa shape index (κ1) is 20.9. The lowest BCUT2D eigenvalue weighted by molar-refractivity contribution is -0.138. The van der Waals surface area contributed by atoms with Crippen LogP contribution in [0, 0.1) is 4.91 Å². The van der Waals surface area contributed by atoms with Gasteiger partial charge in [0, 0.05) is 18.8 Å². The second kappa shape index (κ2) is 10.1. The number of aliphatic carboxylic acids is 1. The lowest BCUT2D eigenvalue weighted by Gasteiger charge is -2.23. The van der Waals surface area contributed by atoms with Gasteiger partial charge in [-0.3, -0.25) is 0 Å². The minimum Gasteiger partial charge on any atom is -0.479 e. The molecule has 10 heteroatoms. The highest BCUT2D eigenvalue weighted by molar-refractivity contribution is 7.16. The van der Waals surface area contributed by atoms with Gasteiger partial charge in [-0.25, -0.2) is 9.78 Å². The number of carboxylic acids is 1. The van der Waals surface area contributed by atoms with Crippen LogP contribution >= 0.6 is 22.9 Å². The number of nitroso groups, excluding NO2 is 1. The summed E-state index contributed by atoms with van der Waals surface area (Å²) < 4.78 is 0. The molecule has 0 unspecified atom stereocenters. The quantitative estimate of drug-likeness (QED) is 0.398. The van der Waals surface area contributed by atoms with Crippen molar-refractivity contribution in [3.63, 3.8) is 0 Å². The number of nitrogens with zero attached hydrogens (tertiary/aromatic N) is 5. The molecule has 8 nitrogen and oxygen atoms in total. The number of hydrogen-bond acceptors (Lipinski definition) is 8. The monoisotopic (exact) mass is 409 g/mol. The number of halogens is 1. The minimum atomic E-state index is -1.60. The molecule has 1 heterocycles. The second-order valence-corrected chi connectivity index (χ2v) is 7.07. The maximum absolute atomic E-state index is 11.0. The molecule has 27 heavy (non-hydrogen) atoms. The molecular weight excluding hydrogens is 390 g/mol. The predicted octanol–water partition coefficient (Wildman–Crippen LogP) is 5.73. The Hall–Kier alpha value is -2.39. The van der Waals surface area contributed by atoms with Crippen molar-refractivity contribution >= 4 is 45.4 Å². The molecule has 2 rings (SSSR count). The van der Waals surface area contributed by atoms with Crippen molar-refractivity contribution in [3.8, 4) is 0 Å². The smallest absolute Gasteiger partial charge is 0.337 e. The highest BCUT2D eigenvalue weighted by atomic mass is 35.5. The van der Waals surface area contributed by atoms with Crippen molar-refractivity contribution < 1.29 is 9.90 Å². The average Bonchev–Trinajstić information content (AvgIpc) is 3.01. The van der Waals surface area contributed by atoms with Gasteiger partial charge in [0.1, 0.15) is 5.15 Å². The molecule has 0 spiro atoms. The van der Waals surface area contributed by atoms with E-state index in [0.29, 0.717) is 5.69 Å². The van der Waals surface area contributed by atoms with Crippen LogP contribution in [-0.4, -0.2) is 29.1 Å². The normalized spacial score (nSPS) is 12.3. The third-order valence-corrected chi connectivity index (χ3v) is 5.03. The van der Waals surface area contributed by atoms with E-state index >= 15 is 0 Å². The number of azo groups is 1. The molecule has 144 valence electrons. The number of benzene rings is 1. The van der Waals surface area contributed by atoms with E-state index in [4.69, 9.17) is 16.7 Å². The van der Waals surface area contributed by atoms with E-state index in [-0.39, 0.29) is 15.2 Å². The zero-order valence-electron chi connectivity index (χ0n) is 15.0. The van der Waals surface area contributed by atoms with Crippen LogP contribution in [-0.2, 0) is 4.79 Å². The fourth-order valence-electron chi connectivity index (χ4n) is 2.46. The third-order valence-electron chi connectivity index (χ3n) is 3.64. The highest BCUT2D eigenvalue weighted by Crippen LogP contribution is 2.36. The van der Waals surface area contributed by atoms with Crippen molar-refractivity contribution in [1.29, 1.82) is 0 Å². The molecular formula is C17H20ClN5O3S. The van der Waals surface area contributed by atoms with Gasteiger partial charge in [-0.15, -0.1) is 15.1 Å². The van der Waals surface area contributed by atoms with Crippen molar-refractivity contribution in [2.75, 3.05) is 18.0 Å². The molecule has 1 atom stereocenters. The van der Waals surface area contributed by atoms with E-state index in [1.54, 1.807) is 0 Å². The van der Waals surface area contributed by atoms with E-state index in [1.807, 2.05) is 24.3 Å². The zero-order chi connectivity index (χ0) is 19.8. The van der Waals surface area contributed by atoms with E-state index in [2.05, 4.69) is 39.1 Å². The SMILES string of the molecule is CCCN(CCC)c1ccc(N=Nc2nc(Cl)c([C@@H](N=O)C(=O)O)s2)cc1. The molecule has 0 aliphatic rings. The number of hydrogen-bond donors (Lipinski definition) is 1. The molecule has 1 N–H and O–H groups in total. The van der Waals surface area contributed by atoms with Gasteiger partial charge in [0.2, 0.25) is 11.2 Å². The van der Waals surface area contributed by atoms with Crippen molar-refractivity contribution in [1.82, 2.24) is 4.98 Å². The number of aromatic nitrogens is 1. The Kier molecular flexibility index (Phi) is 7.81. The van der Waals surface area contributed by atoms with E-state index in [9.17, 15) is 9.70 Å². The molecule has 0 amide bonds. The van der Waals surface area contributed by atoms with Crippen molar-refractivity contribution in [2.45, 2.75) is 32.7 Å². The van der Waals surface area contributed by atoms with Crippen LogP contribution in [0.3, 0.4) is 0 Å². The lowest BCUT2D eigenvalue weighted by Crippen LogP contribution is -2.24. The Bertz CT molecular complexity index is 803. The molecule has 0 saturated carbocycles. The average molecular weight is 410 g/mol. The summed E-state index contributed by atoms with van der Waals surface area (Å²) in [7, 11) is 0. The fourth-order valence-corrected chi connectivity index (χ4v) is 3.61. The van der Waals surface area contributed by atoms with Gasteiger partial charge in [-0.2, -0.15) is 0 Å². The molecule has 1 aromatic carbocycles. The summed E-state index contributed by atoms with van der Waals surface area (Å²) in [4.78, 5) is 28.0. The first-order valence-electron chi connectivity index (χ1n) is 8.48. The van der Waals surface area contributed by atoms with Gasteiger partial charge in [0.25, 0.3) is 0 Å². The summed E-state index contributed by atoms with van der Waals surface area (Å²) in [5.74, 6) is -1.39. The maximum atomic E-state index is 11.0. The fraction of sp³-hybridized carbons (Fsp3) is 0.412. The van der Waals surface area contributed by atoms with Gasteiger partial charge in [0.15, 0.2) is 0 Å². The van der Waals surface area contributed by atoms with Crippen LogP contribution in [0.4, 0.5) is 16.5 Å². The van der Waals surface area contributed by atoms with Gasteiger partial charge in [-0.05, 0) is 42.3 Å². The maximum Gasteiger partial charge on any atom is 0.337 e. The van der Waals surface area contributed by atoms with E-state index in [1.165, 1.54) is 0 Å². The Labute approximate surface area is 165 Å². The summed E-state index contributed by atoms with van der Waals surface area (Å²) in [5, 5.41) is 19.7. The summed E-state index contributed by atoms with van der Waals surface area (Å²) >= 11 is 6.76. The summed E-state index contributed by atoms with van der Waals surface area (Å²) in [6.45, 7) is 6.27. The summed E-state index contributed by atoms with van der Waals surface area (Å²) in [5.41, 5.74) is 1.75. The molecule has 0 radical (unpaired) electrons. The van der Waals surface area contributed by atoms with Crippen LogP contribution in [0.15, 0.2) is 39.7 Å².